The Kier molecular flexibility index (Phi) is 54.7. The molecule has 0 aromatic carbocycles. The number of unbranched alkanes of at least 4 members (excludes halogenated alkanes) is 32. The third kappa shape index (κ3) is 59.2. The molecule has 0 aliphatic carbocycles. The zero-order chi connectivity index (χ0) is 54.9. The fourth-order valence-corrected chi connectivity index (χ4v) is 9.67. The molecule has 3 atom stereocenters. The fraction of sp³-hybridized carbons (Fsp3) is 0.773. The molecule has 0 spiro atoms. The van der Waals surface area contributed by atoms with Gasteiger partial charge in [-0.1, -0.05) is 272 Å². The summed E-state index contributed by atoms with van der Waals surface area (Å²) >= 11 is 0. The summed E-state index contributed by atoms with van der Waals surface area (Å²) in [6, 6.07) is -0.915. The van der Waals surface area contributed by atoms with Crippen LogP contribution >= 0.6 is 7.82 Å². The lowest BCUT2D eigenvalue weighted by Gasteiger charge is -2.29. The first kappa shape index (κ1) is 72.7. The maximum atomic E-state index is 13.0. The summed E-state index contributed by atoms with van der Waals surface area (Å²) in [7, 11) is 1.23. The van der Waals surface area contributed by atoms with E-state index in [4.69, 9.17) is 9.05 Å². The van der Waals surface area contributed by atoms with Crippen LogP contribution < -0.4 is 10.2 Å². The van der Waals surface area contributed by atoms with Crippen LogP contribution in [-0.2, 0) is 18.4 Å². The molecular formula is C66H121N2O6P. The Balaban J connectivity index is 4.20. The number of phosphoric ester groups is 1. The molecule has 0 aromatic heterocycles. The van der Waals surface area contributed by atoms with E-state index >= 15 is 0 Å². The predicted molar refractivity (Wildman–Crippen MR) is 325 cm³/mol. The van der Waals surface area contributed by atoms with Gasteiger partial charge in [0.05, 0.1) is 39.9 Å². The number of phosphoric acid groups is 1. The maximum absolute atomic E-state index is 13.0. The predicted octanol–water partition coefficient (Wildman–Crippen LogP) is 19.0. The third-order valence-electron chi connectivity index (χ3n) is 13.8. The average molecular weight is 1070 g/mol. The maximum Gasteiger partial charge on any atom is 0.268 e. The summed E-state index contributed by atoms with van der Waals surface area (Å²) in [6.45, 7) is 4.53. The Bertz CT molecular complexity index is 1500. The summed E-state index contributed by atoms with van der Waals surface area (Å²) < 4.78 is 23.4. The van der Waals surface area contributed by atoms with Crippen LogP contribution in [0.1, 0.15) is 277 Å². The van der Waals surface area contributed by atoms with Crippen LogP contribution in [0.15, 0.2) is 85.1 Å². The topological polar surface area (TPSA) is 108 Å². The zero-order valence-electron chi connectivity index (χ0n) is 49.7. The normalized spacial score (nSPS) is 14.4. The fourth-order valence-electron chi connectivity index (χ4n) is 8.94. The molecular weight excluding hydrogens is 948 g/mol. The van der Waals surface area contributed by atoms with Gasteiger partial charge in [-0.2, -0.15) is 0 Å². The molecule has 2 N–H and O–H groups in total. The van der Waals surface area contributed by atoms with Crippen molar-refractivity contribution >= 4 is 13.7 Å². The minimum atomic E-state index is -4.62. The third-order valence-corrected chi connectivity index (χ3v) is 14.8. The highest BCUT2D eigenvalue weighted by Crippen LogP contribution is 2.38. The molecule has 0 bridgehead atoms. The minimum Gasteiger partial charge on any atom is -0.756 e. The van der Waals surface area contributed by atoms with E-state index < -0.39 is 26.6 Å². The van der Waals surface area contributed by atoms with Gasteiger partial charge in [0, 0.05) is 6.42 Å². The van der Waals surface area contributed by atoms with Crippen LogP contribution in [0.3, 0.4) is 0 Å². The number of carbonyl (C=O) groups excluding carboxylic acids is 1. The van der Waals surface area contributed by atoms with E-state index in [0.29, 0.717) is 17.4 Å². The monoisotopic (exact) mass is 1070 g/mol. The largest absolute Gasteiger partial charge is 0.756 e. The molecule has 0 rings (SSSR count). The standard InChI is InChI=1S/C66H121N2O6P/c1-6-8-10-12-14-16-18-20-22-24-26-28-30-32-33-34-35-36-38-40-42-44-46-48-50-52-54-56-58-60-66(70)67-64(63-74-75(71,72)73-62-61-68(3,4)5)65(69)59-57-55-53-51-49-47-45-43-41-39-37-31-29-27-25-23-21-19-17-15-13-11-9-7-2/h8,10,14,16,20,22,26,28,41,43,49,51,57,59,64-65,69H,6-7,9,11-13,15,17-19,21,23-25,27,29-40,42,44-48,50,52-56,58,60-63H2,1-5H3,(H-,67,70,71,72)/b10-8-,16-14-,22-20-,28-26-,43-41+,51-49+,59-57+. The Labute approximate surface area is 465 Å². The van der Waals surface area contributed by atoms with Crippen molar-refractivity contribution in [3.63, 3.8) is 0 Å². The smallest absolute Gasteiger partial charge is 0.268 e. The molecule has 3 unspecified atom stereocenters. The van der Waals surface area contributed by atoms with Gasteiger partial charge < -0.3 is 28.8 Å². The number of hydrogen-bond acceptors (Lipinski definition) is 6. The SMILES string of the molecule is CC/C=C\C/C=C\C/C=C\C/C=C\CCCCCCCCCCCCCCCCCCC(=O)NC(COP(=O)([O-])OCC[N+](C)(C)C)C(O)/C=C/CC/C=C/CC/C=C/CCCCCCCCCCCCCCCC. The van der Waals surface area contributed by atoms with Crippen molar-refractivity contribution in [2.24, 2.45) is 0 Å². The van der Waals surface area contributed by atoms with E-state index in [1.54, 1.807) is 6.08 Å². The van der Waals surface area contributed by atoms with Crippen molar-refractivity contribution < 1.29 is 32.9 Å². The summed E-state index contributed by atoms with van der Waals surface area (Å²) in [6.07, 6.45) is 79.7. The van der Waals surface area contributed by atoms with Gasteiger partial charge >= 0.3 is 0 Å². The van der Waals surface area contributed by atoms with E-state index in [0.717, 1.165) is 70.6 Å². The number of nitrogens with one attached hydrogen (secondary N) is 1. The van der Waals surface area contributed by atoms with Gasteiger partial charge in [0.2, 0.25) is 5.91 Å². The number of carbonyl (C=O) groups is 1. The highest BCUT2D eigenvalue weighted by atomic mass is 31.2. The van der Waals surface area contributed by atoms with Crippen LogP contribution in [0.5, 0.6) is 0 Å². The van der Waals surface area contributed by atoms with E-state index in [2.05, 4.69) is 92.1 Å². The number of aliphatic hydroxyl groups excluding tert-OH is 1. The number of amides is 1. The van der Waals surface area contributed by atoms with Gasteiger partial charge in [0.1, 0.15) is 13.2 Å². The van der Waals surface area contributed by atoms with Crippen LogP contribution in [0, 0.1) is 0 Å². The summed E-state index contributed by atoms with van der Waals surface area (Å²) in [4.78, 5) is 25.6. The zero-order valence-corrected chi connectivity index (χ0v) is 50.6. The summed E-state index contributed by atoms with van der Waals surface area (Å²) in [5.74, 6) is -0.211. The van der Waals surface area contributed by atoms with E-state index in [1.807, 2.05) is 27.2 Å². The first-order valence-corrected chi connectivity index (χ1v) is 32.9. The second-order valence-corrected chi connectivity index (χ2v) is 23.8. The number of allylic oxidation sites excluding steroid dienone is 13. The number of rotatable bonds is 57. The minimum absolute atomic E-state index is 0.0112. The van der Waals surface area contributed by atoms with E-state index in [1.165, 1.54) is 186 Å². The molecule has 0 fully saturated rings. The van der Waals surface area contributed by atoms with Crippen molar-refractivity contribution in [1.82, 2.24) is 5.32 Å². The first-order valence-electron chi connectivity index (χ1n) is 31.4. The van der Waals surface area contributed by atoms with Crippen LogP contribution in [0.25, 0.3) is 0 Å². The molecule has 75 heavy (non-hydrogen) atoms. The lowest BCUT2D eigenvalue weighted by Crippen LogP contribution is -2.45. The lowest BCUT2D eigenvalue weighted by molar-refractivity contribution is -0.870. The van der Waals surface area contributed by atoms with E-state index in [-0.39, 0.29) is 12.5 Å². The lowest BCUT2D eigenvalue weighted by atomic mass is 10.0. The molecule has 436 valence electrons. The number of aliphatic hydroxyl groups is 1. The van der Waals surface area contributed by atoms with Crippen molar-refractivity contribution in [2.75, 3.05) is 40.9 Å². The Morgan fingerprint density at radius 2 is 0.827 bits per heavy atom. The van der Waals surface area contributed by atoms with Crippen LogP contribution in [0.4, 0.5) is 0 Å². The van der Waals surface area contributed by atoms with Gasteiger partial charge in [0.15, 0.2) is 0 Å². The van der Waals surface area contributed by atoms with Crippen molar-refractivity contribution in [2.45, 2.75) is 289 Å². The number of nitrogens with zero attached hydrogens (tertiary/aromatic N) is 1. The molecule has 0 aliphatic heterocycles. The number of hydrogen-bond donors (Lipinski definition) is 2. The van der Waals surface area contributed by atoms with Crippen LogP contribution in [0.2, 0.25) is 0 Å². The Hall–Kier alpha value is -2.32. The molecule has 0 aliphatic rings. The van der Waals surface area contributed by atoms with Gasteiger partial charge in [-0.25, -0.2) is 0 Å². The number of likely N-dealkylation sites (N-methyl/N-ethyl adjacent to an activating group) is 1. The number of quaternary nitrogens is 1. The second kappa shape index (κ2) is 56.4. The molecule has 0 saturated heterocycles. The molecule has 0 radical (unpaired) electrons. The highest BCUT2D eigenvalue weighted by Gasteiger charge is 2.23. The molecule has 0 saturated carbocycles. The van der Waals surface area contributed by atoms with Crippen molar-refractivity contribution in [1.29, 1.82) is 0 Å². The van der Waals surface area contributed by atoms with Crippen molar-refractivity contribution in [3.05, 3.63) is 85.1 Å². The van der Waals surface area contributed by atoms with E-state index in [9.17, 15) is 19.4 Å². The van der Waals surface area contributed by atoms with Gasteiger partial charge in [-0.05, 0) is 83.5 Å². The van der Waals surface area contributed by atoms with Gasteiger partial charge in [0.25, 0.3) is 7.82 Å². The van der Waals surface area contributed by atoms with Crippen LogP contribution in [-0.4, -0.2) is 68.5 Å². The quantitative estimate of drug-likeness (QED) is 0.0272. The Morgan fingerprint density at radius 1 is 0.480 bits per heavy atom. The van der Waals surface area contributed by atoms with Crippen molar-refractivity contribution in [3.8, 4) is 0 Å². The molecule has 8 nitrogen and oxygen atoms in total. The molecule has 1 amide bonds. The Morgan fingerprint density at radius 3 is 1.24 bits per heavy atom. The van der Waals surface area contributed by atoms with Gasteiger partial charge in [-0.15, -0.1) is 0 Å². The average Bonchev–Trinajstić information content (AvgIpc) is 3.37. The second-order valence-electron chi connectivity index (χ2n) is 22.4. The summed E-state index contributed by atoms with van der Waals surface area (Å²) in [5.41, 5.74) is 0. The van der Waals surface area contributed by atoms with Gasteiger partial charge in [-0.3, -0.25) is 9.36 Å². The molecule has 0 heterocycles. The molecule has 9 heteroatoms. The summed E-state index contributed by atoms with van der Waals surface area (Å²) in [5, 5.41) is 13.9. The highest BCUT2D eigenvalue weighted by molar-refractivity contribution is 7.45. The first-order chi connectivity index (χ1) is 36.5. The molecule has 0 aromatic rings.